The van der Waals surface area contributed by atoms with Gasteiger partial charge in [0.15, 0.2) is 11.6 Å². The summed E-state index contributed by atoms with van der Waals surface area (Å²) in [5, 5.41) is 2.57. The molecule has 0 bridgehead atoms. The first kappa shape index (κ1) is 15.8. The molecule has 0 aliphatic carbocycles. The van der Waals surface area contributed by atoms with Crippen molar-refractivity contribution in [2.24, 2.45) is 0 Å². The zero-order valence-electron chi connectivity index (χ0n) is 11.1. The molecule has 2 aromatic carbocycles. The summed E-state index contributed by atoms with van der Waals surface area (Å²) in [6.07, 6.45) is 0. The maximum Gasteiger partial charge on any atom is 0.159 e. The number of hydrogen-bond donors (Lipinski definition) is 1. The van der Waals surface area contributed by atoms with Crippen LogP contribution in [0.4, 0.5) is 17.6 Å². The summed E-state index contributed by atoms with van der Waals surface area (Å²) in [4.78, 5) is 0. The molecule has 6 heteroatoms. The quantitative estimate of drug-likeness (QED) is 0.642. The van der Waals surface area contributed by atoms with Crippen LogP contribution in [0, 0.1) is 23.3 Å². The normalized spacial score (nSPS) is 12.5. The molecule has 2 rings (SSSR count). The Balaban J connectivity index is 2.52. The number of nitrogens with one attached hydrogen (secondary N) is 1. The third-order valence-electron chi connectivity index (χ3n) is 3.04. The molecular weight excluding hydrogens is 306 g/mol. The number of rotatable bonds is 4. The van der Waals surface area contributed by atoms with E-state index in [1.807, 2.05) is 0 Å². The Bertz CT molecular complexity index is 660. The number of halogens is 5. The maximum atomic E-state index is 14.0. The van der Waals surface area contributed by atoms with Gasteiger partial charge in [-0.3, -0.25) is 0 Å². The molecule has 0 fully saturated rings. The van der Waals surface area contributed by atoms with Gasteiger partial charge in [0.05, 0.1) is 11.1 Å². The van der Waals surface area contributed by atoms with Gasteiger partial charge in [-0.05, 0) is 36.4 Å². The van der Waals surface area contributed by atoms with Crippen molar-refractivity contribution in [2.75, 3.05) is 6.54 Å². The van der Waals surface area contributed by atoms with E-state index in [4.69, 9.17) is 11.6 Å². The molecule has 2 aromatic rings. The molecule has 0 aliphatic rings. The van der Waals surface area contributed by atoms with Crippen LogP contribution in [0.2, 0.25) is 5.02 Å². The molecule has 0 radical (unpaired) electrons. The van der Waals surface area contributed by atoms with Crippen molar-refractivity contribution >= 4 is 11.6 Å². The SMILES string of the molecule is CCNC(c1ccc(F)c(F)c1)c1cc(F)c(Cl)cc1F. The van der Waals surface area contributed by atoms with Crippen molar-refractivity contribution in [2.45, 2.75) is 13.0 Å². The minimum atomic E-state index is -1.05. The van der Waals surface area contributed by atoms with Gasteiger partial charge in [-0.15, -0.1) is 0 Å². The van der Waals surface area contributed by atoms with E-state index in [1.165, 1.54) is 6.07 Å². The highest BCUT2D eigenvalue weighted by molar-refractivity contribution is 6.30. The van der Waals surface area contributed by atoms with Crippen molar-refractivity contribution in [3.8, 4) is 0 Å². The highest BCUT2D eigenvalue weighted by atomic mass is 35.5. The van der Waals surface area contributed by atoms with Crippen LogP contribution in [0.15, 0.2) is 30.3 Å². The van der Waals surface area contributed by atoms with Crippen molar-refractivity contribution in [3.05, 3.63) is 69.8 Å². The summed E-state index contributed by atoms with van der Waals surface area (Å²) in [7, 11) is 0. The van der Waals surface area contributed by atoms with Gasteiger partial charge in [-0.25, -0.2) is 17.6 Å². The standard InChI is InChI=1S/C15H12ClF4N/c1-2-21-15(8-3-4-11(17)14(20)5-8)9-6-13(19)10(16)7-12(9)18/h3-7,15,21H,2H2,1H3. The van der Waals surface area contributed by atoms with E-state index in [1.54, 1.807) is 6.92 Å². The highest BCUT2D eigenvalue weighted by Crippen LogP contribution is 2.29. The van der Waals surface area contributed by atoms with Crippen molar-refractivity contribution in [1.29, 1.82) is 0 Å². The van der Waals surface area contributed by atoms with E-state index in [9.17, 15) is 17.6 Å². The third-order valence-corrected chi connectivity index (χ3v) is 3.33. The average Bonchev–Trinajstić information content (AvgIpc) is 2.44. The van der Waals surface area contributed by atoms with E-state index in [0.29, 0.717) is 6.54 Å². The van der Waals surface area contributed by atoms with Gasteiger partial charge in [0.1, 0.15) is 11.6 Å². The van der Waals surface area contributed by atoms with Gasteiger partial charge in [0, 0.05) is 5.56 Å². The Morgan fingerprint density at radius 2 is 1.67 bits per heavy atom. The maximum absolute atomic E-state index is 14.0. The first-order valence-electron chi connectivity index (χ1n) is 6.26. The Morgan fingerprint density at radius 1 is 0.952 bits per heavy atom. The summed E-state index contributed by atoms with van der Waals surface area (Å²) < 4.78 is 53.9. The van der Waals surface area contributed by atoms with Crippen LogP contribution in [0.5, 0.6) is 0 Å². The minimum Gasteiger partial charge on any atom is -0.306 e. The molecule has 0 spiro atoms. The number of benzene rings is 2. The predicted octanol–water partition coefficient (Wildman–Crippen LogP) is 4.60. The van der Waals surface area contributed by atoms with Gasteiger partial charge < -0.3 is 5.32 Å². The molecule has 1 unspecified atom stereocenters. The molecule has 1 nitrogen and oxygen atoms in total. The van der Waals surface area contributed by atoms with Gasteiger partial charge in [0.2, 0.25) is 0 Å². The summed E-state index contributed by atoms with van der Waals surface area (Å²) in [5.41, 5.74) is 0.265. The van der Waals surface area contributed by atoms with Crippen LogP contribution in [0.3, 0.4) is 0 Å². The topological polar surface area (TPSA) is 12.0 Å². The molecule has 0 saturated heterocycles. The van der Waals surface area contributed by atoms with E-state index in [0.717, 1.165) is 24.3 Å². The van der Waals surface area contributed by atoms with Crippen molar-refractivity contribution < 1.29 is 17.6 Å². The monoisotopic (exact) mass is 317 g/mol. The van der Waals surface area contributed by atoms with Crippen molar-refractivity contribution in [3.63, 3.8) is 0 Å². The lowest BCUT2D eigenvalue weighted by Gasteiger charge is -2.20. The summed E-state index contributed by atoms with van der Waals surface area (Å²) in [6, 6.07) is 4.21. The molecule has 0 aromatic heterocycles. The first-order valence-corrected chi connectivity index (χ1v) is 6.64. The fourth-order valence-electron chi connectivity index (χ4n) is 2.06. The van der Waals surface area contributed by atoms with Crippen LogP contribution in [-0.2, 0) is 0 Å². The second-order valence-electron chi connectivity index (χ2n) is 4.45. The molecule has 0 aliphatic heterocycles. The Hall–Kier alpha value is -1.59. The van der Waals surface area contributed by atoms with E-state index in [-0.39, 0.29) is 16.1 Å². The molecule has 0 heterocycles. The van der Waals surface area contributed by atoms with Gasteiger partial charge in [-0.2, -0.15) is 0 Å². The highest BCUT2D eigenvalue weighted by Gasteiger charge is 2.20. The van der Waals surface area contributed by atoms with Crippen molar-refractivity contribution in [1.82, 2.24) is 5.32 Å². The predicted molar refractivity (Wildman–Crippen MR) is 73.2 cm³/mol. The lowest BCUT2D eigenvalue weighted by Crippen LogP contribution is -2.23. The summed E-state index contributed by atoms with van der Waals surface area (Å²) >= 11 is 5.51. The fourth-order valence-corrected chi connectivity index (χ4v) is 2.21. The van der Waals surface area contributed by atoms with E-state index in [2.05, 4.69) is 5.32 Å². The zero-order chi connectivity index (χ0) is 15.6. The minimum absolute atomic E-state index is 0.0234. The van der Waals surface area contributed by atoms with Crippen LogP contribution >= 0.6 is 11.6 Å². The average molecular weight is 318 g/mol. The lowest BCUT2D eigenvalue weighted by molar-refractivity contribution is 0.501. The molecule has 1 N–H and O–H groups in total. The fraction of sp³-hybridized carbons (Fsp3) is 0.200. The van der Waals surface area contributed by atoms with E-state index < -0.39 is 29.3 Å². The van der Waals surface area contributed by atoms with Crippen LogP contribution < -0.4 is 5.32 Å². The van der Waals surface area contributed by atoms with E-state index >= 15 is 0 Å². The van der Waals surface area contributed by atoms with Gasteiger partial charge in [-0.1, -0.05) is 24.6 Å². The molecule has 0 saturated carbocycles. The van der Waals surface area contributed by atoms with Gasteiger partial charge in [0.25, 0.3) is 0 Å². The summed E-state index contributed by atoms with van der Waals surface area (Å²) in [6.45, 7) is 2.18. The van der Waals surface area contributed by atoms with Crippen LogP contribution in [0.25, 0.3) is 0 Å². The molecule has 21 heavy (non-hydrogen) atoms. The van der Waals surface area contributed by atoms with Crippen LogP contribution in [-0.4, -0.2) is 6.54 Å². The largest absolute Gasteiger partial charge is 0.306 e. The summed E-state index contributed by atoms with van der Waals surface area (Å²) in [5.74, 6) is -3.56. The van der Waals surface area contributed by atoms with Crippen LogP contribution in [0.1, 0.15) is 24.1 Å². The molecule has 0 amide bonds. The van der Waals surface area contributed by atoms with Gasteiger partial charge >= 0.3 is 0 Å². The zero-order valence-corrected chi connectivity index (χ0v) is 11.8. The lowest BCUT2D eigenvalue weighted by atomic mass is 9.97. The smallest absolute Gasteiger partial charge is 0.159 e. The third kappa shape index (κ3) is 3.36. The number of hydrogen-bond acceptors (Lipinski definition) is 1. The second-order valence-corrected chi connectivity index (χ2v) is 4.86. The Labute approximate surface area is 124 Å². The Morgan fingerprint density at radius 3 is 2.29 bits per heavy atom. The Kier molecular flexibility index (Phi) is 4.85. The molecule has 112 valence electrons. The first-order chi connectivity index (χ1) is 9.93. The molecular formula is C15H12ClF4N. The second kappa shape index (κ2) is 6.45. The molecule has 1 atom stereocenters.